The van der Waals surface area contributed by atoms with Gasteiger partial charge < -0.3 is 9.80 Å². The van der Waals surface area contributed by atoms with E-state index in [0.717, 1.165) is 25.1 Å². The van der Waals surface area contributed by atoms with Gasteiger partial charge in [-0.2, -0.15) is 0 Å². The Morgan fingerprint density at radius 1 is 1.15 bits per heavy atom. The number of carbonyl (C=O) groups is 1. The normalized spacial score (nSPS) is 15.9. The SMILES string of the molecule is CN(CCCC(=O)c1ccccc1)CCN1CCCC1. The van der Waals surface area contributed by atoms with E-state index in [4.69, 9.17) is 0 Å². The number of hydrogen-bond donors (Lipinski definition) is 0. The first-order chi connectivity index (χ1) is 9.75. The van der Waals surface area contributed by atoms with Crippen LogP contribution in [-0.4, -0.2) is 55.4 Å². The molecule has 3 heteroatoms. The number of benzene rings is 1. The predicted molar refractivity (Wildman–Crippen MR) is 83.2 cm³/mol. The summed E-state index contributed by atoms with van der Waals surface area (Å²) < 4.78 is 0. The van der Waals surface area contributed by atoms with Gasteiger partial charge in [0, 0.05) is 25.1 Å². The van der Waals surface area contributed by atoms with Gasteiger partial charge in [-0.05, 0) is 45.9 Å². The molecule has 1 aromatic carbocycles. The van der Waals surface area contributed by atoms with E-state index in [1.807, 2.05) is 30.3 Å². The standard InChI is InChI=1S/C17H26N2O/c1-18(14-15-19-12-5-6-13-19)11-7-10-17(20)16-8-3-2-4-9-16/h2-4,8-9H,5-7,10-15H2,1H3. The van der Waals surface area contributed by atoms with Crippen LogP contribution in [0.15, 0.2) is 30.3 Å². The van der Waals surface area contributed by atoms with Crippen LogP contribution in [0.5, 0.6) is 0 Å². The fraction of sp³-hybridized carbons (Fsp3) is 0.588. The molecule has 0 spiro atoms. The lowest BCUT2D eigenvalue weighted by atomic mass is 10.1. The molecular weight excluding hydrogens is 248 g/mol. The van der Waals surface area contributed by atoms with Gasteiger partial charge in [0.25, 0.3) is 0 Å². The number of carbonyl (C=O) groups excluding carboxylic acids is 1. The van der Waals surface area contributed by atoms with Crippen molar-refractivity contribution >= 4 is 5.78 Å². The van der Waals surface area contributed by atoms with Crippen molar-refractivity contribution in [1.82, 2.24) is 9.80 Å². The molecule has 0 unspecified atom stereocenters. The molecule has 1 aliphatic heterocycles. The molecule has 20 heavy (non-hydrogen) atoms. The zero-order valence-electron chi connectivity index (χ0n) is 12.6. The molecule has 0 saturated carbocycles. The number of hydrogen-bond acceptors (Lipinski definition) is 3. The third-order valence-corrected chi connectivity index (χ3v) is 4.04. The highest BCUT2D eigenvalue weighted by molar-refractivity contribution is 5.95. The van der Waals surface area contributed by atoms with Gasteiger partial charge >= 0.3 is 0 Å². The van der Waals surface area contributed by atoms with Crippen LogP contribution >= 0.6 is 0 Å². The molecule has 0 N–H and O–H groups in total. The Kier molecular flexibility index (Phi) is 6.22. The molecule has 1 heterocycles. The molecular formula is C17H26N2O. The average Bonchev–Trinajstić information content (AvgIpc) is 2.99. The molecule has 1 fully saturated rings. The molecule has 110 valence electrons. The molecule has 0 amide bonds. The van der Waals surface area contributed by atoms with Crippen molar-refractivity contribution < 1.29 is 4.79 Å². The summed E-state index contributed by atoms with van der Waals surface area (Å²) in [5.74, 6) is 0.263. The smallest absolute Gasteiger partial charge is 0.162 e. The predicted octanol–water partition coefficient (Wildman–Crippen LogP) is 2.68. The van der Waals surface area contributed by atoms with Crippen molar-refractivity contribution in [2.75, 3.05) is 39.8 Å². The second-order valence-electron chi connectivity index (χ2n) is 5.74. The summed E-state index contributed by atoms with van der Waals surface area (Å²) in [4.78, 5) is 16.8. The first kappa shape index (κ1) is 15.2. The van der Waals surface area contributed by atoms with Crippen molar-refractivity contribution in [3.8, 4) is 0 Å². The fourth-order valence-corrected chi connectivity index (χ4v) is 2.71. The van der Waals surface area contributed by atoms with Crippen LogP contribution in [0.1, 0.15) is 36.0 Å². The zero-order valence-corrected chi connectivity index (χ0v) is 12.6. The molecule has 0 radical (unpaired) electrons. The highest BCUT2D eigenvalue weighted by Crippen LogP contribution is 2.08. The fourth-order valence-electron chi connectivity index (χ4n) is 2.71. The Bertz CT molecular complexity index is 399. The van der Waals surface area contributed by atoms with Crippen LogP contribution < -0.4 is 0 Å². The first-order valence-corrected chi connectivity index (χ1v) is 7.75. The number of rotatable bonds is 8. The lowest BCUT2D eigenvalue weighted by molar-refractivity contribution is 0.0975. The Balaban J connectivity index is 1.59. The molecule has 0 aliphatic carbocycles. The maximum absolute atomic E-state index is 12.0. The minimum atomic E-state index is 0.263. The van der Waals surface area contributed by atoms with Gasteiger partial charge in [-0.1, -0.05) is 30.3 Å². The van der Waals surface area contributed by atoms with E-state index in [-0.39, 0.29) is 5.78 Å². The van der Waals surface area contributed by atoms with Crippen molar-refractivity contribution in [2.24, 2.45) is 0 Å². The number of Topliss-reactive ketones (excluding diaryl/α,β-unsaturated/α-hetero) is 1. The first-order valence-electron chi connectivity index (χ1n) is 7.75. The molecule has 0 atom stereocenters. The maximum Gasteiger partial charge on any atom is 0.162 e. The van der Waals surface area contributed by atoms with Crippen LogP contribution in [0.3, 0.4) is 0 Å². The molecule has 3 nitrogen and oxygen atoms in total. The average molecular weight is 274 g/mol. The van der Waals surface area contributed by atoms with Crippen LogP contribution in [0, 0.1) is 0 Å². The second-order valence-corrected chi connectivity index (χ2v) is 5.74. The maximum atomic E-state index is 12.0. The van der Waals surface area contributed by atoms with E-state index in [1.54, 1.807) is 0 Å². The van der Waals surface area contributed by atoms with Crippen LogP contribution in [-0.2, 0) is 0 Å². The lowest BCUT2D eigenvalue weighted by Gasteiger charge is -2.21. The highest BCUT2D eigenvalue weighted by Gasteiger charge is 2.12. The van der Waals surface area contributed by atoms with Crippen LogP contribution in [0.2, 0.25) is 0 Å². The molecule has 1 aromatic rings. The summed E-state index contributed by atoms with van der Waals surface area (Å²) >= 11 is 0. The van der Waals surface area contributed by atoms with E-state index >= 15 is 0 Å². The van der Waals surface area contributed by atoms with Gasteiger partial charge in [0.2, 0.25) is 0 Å². The Morgan fingerprint density at radius 3 is 2.55 bits per heavy atom. The van der Waals surface area contributed by atoms with Gasteiger partial charge in [0.15, 0.2) is 5.78 Å². The van der Waals surface area contributed by atoms with E-state index in [0.29, 0.717) is 6.42 Å². The minimum absolute atomic E-state index is 0.263. The number of likely N-dealkylation sites (N-methyl/N-ethyl adjacent to an activating group) is 1. The Labute approximate surface area is 122 Å². The molecule has 2 rings (SSSR count). The molecule has 0 aromatic heterocycles. The van der Waals surface area contributed by atoms with Gasteiger partial charge in [0.1, 0.15) is 0 Å². The Morgan fingerprint density at radius 2 is 1.85 bits per heavy atom. The van der Waals surface area contributed by atoms with Crippen molar-refractivity contribution in [2.45, 2.75) is 25.7 Å². The second kappa shape index (κ2) is 8.18. The monoisotopic (exact) mass is 274 g/mol. The highest BCUT2D eigenvalue weighted by atomic mass is 16.1. The van der Waals surface area contributed by atoms with Gasteiger partial charge in [-0.3, -0.25) is 4.79 Å². The Hall–Kier alpha value is -1.19. The lowest BCUT2D eigenvalue weighted by Crippen LogP contribution is -2.32. The number of likely N-dealkylation sites (tertiary alicyclic amines) is 1. The topological polar surface area (TPSA) is 23.6 Å². The summed E-state index contributed by atoms with van der Waals surface area (Å²) in [5.41, 5.74) is 0.840. The van der Waals surface area contributed by atoms with Crippen LogP contribution in [0.4, 0.5) is 0 Å². The number of nitrogens with zero attached hydrogens (tertiary/aromatic N) is 2. The van der Waals surface area contributed by atoms with Gasteiger partial charge in [0.05, 0.1) is 0 Å². The summed E-state index contributed by atoms with van der Waals surface area (Å²) in [5, 5.41) is 0. The van der Waals surface area contributed by atoms with Gasteiger partial charge in [-0.25, -0.2) is 0 Å². The molecule has 0 bridgehead atoms. The number of ketones is 1. The third-order valence-electron chi connectivity index (χ3n) is 4.04. The quantitative estimate of drug-likeness (QED) is 0.681. The minimum Gasteiger partial charge on any atom is -0.305 e. The van der Waals surface area contributed by atoms with Crippen molar-refractivity contribution in [1.29, 1.82) is 0 Å². The van der Waals surface area contributed by atoms with Crippen molar-refractivity contribution in [3.63, 3.8) is 0 Å². The van der Waals surface area contributed by atoms with Crippen molar-refractivity contribution in [3.05, 3.63) is 35.9 Å². The van der Waals surface area contributed by atoms with Crippen LogP contribution in [0.25, 0.3) is 0 Å². The molecule has 1 aliphatic rings. The summed E-state index contributed by atoms with van der Waals surface area (Å²) in [6.07, 6.45) is 4.31. The third kappa shape index (κ3) is 5.06. The van der Waals surface area contributed by atoms with E-state index in [9.17, 15) is 4.79 Å². The zero-order chi connectivity index (χ0) is 14.2. The van der Waals surface area contributed by atoms with E-state index in [1.165, 1.54) is 32.5 Å². The van der Waals surface area contributed by atoms with Gasteiger partial charge in [-0.15, -0.1) is 0 Å². The van der Waals surface area contributed by atoms with E-state index < -0.39 is 0 Å². The summed E-state index contributed by atoms with van der Waals surface area (Å²) in [6.45, 7) is 5.82. The summed E-state index contributed by atoms with van der Waals surface area (Å²) in [6, 6.07) is 9.60. The molecule has 1 saturated heterocycles. The summed E-state index contributed by atoms with van der Waals surface area (Å²) in [7, 11) is 2.16. The van der Waals surface area contributed by atoms with E-state index in [2.05, 4.69) is 16.8 Å². The largest absolute Gasteiger partial charge is 0.305 e.